The van der Waals surface area contributed by atoms with E-state index in [-0.39, 0.29) is 0 Å². The third-order valence-electron chi connectivity index (χ3n) is 4.93. The maximum Gasteiger partial charge on any atom is 0.193 e. The SMILES string of the molecule is CN=C(NCCn1cnc2ccccc21)N1CCN(c2ccccn2)CC1. The van der Waals surface area contributed by atoms with E-state index in [1.54, 1.807) is 0 Å². The van der Waals surface area contributed by atoms with E-state index in [1.807, 2.05) is 49.9 Å². The molecule has 0 amide bonds. The molecule has 7 nitrogen and oxygen atoms in total. The summed E-state index contributed by atoms with van der Waals surface area (Å²) in [6.45, 7) is 5.43. The van der Waals surface area contributed by atoms with Gasteiger partial charge in [0, 0.05) is 52.5 Å². The lowest BCUT2D eigenvalue weighted by molar-refractivity contribution is 0.371. The van der Waals surface area contributed by atoms with Crippen LogP contribution in [0, 0.1) is 0 Å². The van der Waals surface area contributed by atoms with E-state index in [4.69, 9.17) is 0 Å². The van der Waals surface area contributed by atoms with Crippen LogP contribution in [-0.2, 0) is 6.54 Å². The molecule has 7 heteroatoms. The molecule has 3 aromatic rings. The molecule has 0 saturated carbocycles. The normalized spacial score (nSPS) is 15.4. The molecule has 4 rings (SSSR count). The maximum absolute atomic E-state index is 4.46. The number of imidazole rings is 1. The number of rotatable bonds is 4. The van der Waals surface area contributed by atoms with Crippen LogP contribution in [-0.4, -0.2) is 65.2 Å². The molecule has 0 bridgehead atoms. The highest BCUT2D eigenvalue weighted by Crippen LogP contribution is 2.13. The van der Waals surface area contributed by atoms with Gasteiger partial charge in [-0.15, -0.1) is 0 Å². The molecule has 27 heavy (non-hydrogen) atoms. The van der Waals surface area contributed by atoms with Crippen molar-refractivity contribution in [2.75, 3.05) is 44.7 Å². The van der Waals surface area contributed by atoms with E-state index in [1.165, 1.54) is 5.52 Å². The van der Waals surface area contributed by atoms with Gasteiger partial charge in [0.25, 0.3) is 0 Å². The number of hydrogen-bond donors (Lipinski definition) is 1. The van der Waals surface area contributed by atoms with Crippen molar-refractivity contribution < 1.29 is 0 Å². The molecule has 2 aromatic heterocycles. The van der Waals surface area contributed by atoms with E-state index in [0.717, 1.165) is 56.6 Å². The van der Waals surface area contributed by atoms with Gasteiger partial charge in [-0.3, -0.25) is 4.99 Å². The first-order valence-electron chi connectivity index (χ1n) is 9.36. The van der Waals surface area contributed by atoms with Crippen LogP contribution < -0.4 is 10.2 Å². The molecule has 0 unspecified atom stereocenters. The van der Waals surface area contributed by atoms with Crippen molar-refractivity contribution >= 4 is 22.8 Å². The van der Waals surface area contributed by atoms with Crippen LogP contribution in [0.3, 0.4) is 0 Å². The van der Waals surface area contributed by atoms with Gasteiger partial charge >= 0.3 is 0 Å². The summed E-state index contributed by atoms with van der Waals surface area (Å²) in [5.41, 5.74) is 2.20. The van der Waals surface area contributed by atoms with Gasteiger partial charge in [0.15, 0.2) is 5.96 Å². The largest absolute Gasteiger partial charge is 0.354 e. The molecule has 1 saturated heterocycles. The number of nitrogens with one attached hydrogen (secondary N) is 1. The summed E-state index contributed by atoms with van der Waals surface area (Å²) in [6, 6.07) is 14.3. The third-order valence-corrected chi connectivity index (χ3v) is 4.93. The van der Waals surface area contributed by atoms with E-state index in [0.29, 0.717) is 0 Å². The Bertz CT molecular complexity index is 895. The molecule has 1 aliphatic rings. The number of aromatic nitrogens is 3. The Labute approximate surface area is 159 Å². The molecule has 0 aliphatic carbocycles. The smallest absolute Gasteiger partial charge is 0.193 e. The van der Waals surface area contributed by atoms with E-state index in [2.05, 4.69) is 46.8 Å². The summed E-state index contributed by atoms with van der Waals surface area (Å²) in [5.74, 6) is 2.01. The second-order valence-electron chi connectivity index (χ2n) is 6.56. The summed E-state index contributed by atoms with van der Waals surface area (Å²) in [5, 5.41) is 3.49. The Morgan fingerprint density at radius 1 is 1.04 bits per heavy atom. The van der Waals surface area contributed by atoms with Gasteiger partial charge in [-0.25, -0.2) is 9.97 Å². The standard InChI is InChI=1S/C20H25N7/c1-21-20(23-10-11-27-16-24-17-6-2-3-7-18(17)27)26-14-12-25(13-15-26)19-8-4-5-9-22-19/h2-9,16H,10-15H2,1H3,(H,21,23). The second kappa shape index (κ2) is 8.07. The first-order chi connectivity index (χ1) is 13.3. The van der Waals surface area contributed by atoms with Crippen LogP contribution in [0.1, 0.15) is 0 Å². The molecule has 0 spiro atoms. The second-order valence-corrected chi connectivity index (χ2v) is 6.56. The third kappa shape index (κ3) is 3.86. The number of hydrogen-bond acceptors (Lipinski definition) is 4. The van der Waals surface area contributed by atoms with E-state index in [9.17, 15) is 0 Å². The van der Waals surface area contributed by atoms with E-state index < -0.39 is 0 Å². The van der Waals surface area contributed by atoms with Gasteiger partial charge in [-0.2, -0.15) is 0 Å². The van der Waals surface area contributed by atoms with Gasteiger partial charge in [-0.05, 0) is 24.3 Å². The molecule has 140 valence electrons. The fourth-order valence-electron chi connectivity index (χ4n) is 3.50. The zero-order valence-electron chi connectivity index (χ0n) is 15.6. The number of para-hydroxylation sites is 2. The zero-order valence-corrected chi connectivity index (χ0v) is 15.6. The average Bonchev–Trinajstić information content (AvgIpc) is 3.15. The first-order valence-corrected chi connectivity index (χ1v) is 9.36. The van der Waals surface area contributed by atoms with Gasteiger partial charge in [0.1, 0.15) is 5.82 Å². The average molecular weight is 363 g/mol. The lowest BCUT2D eigenvalue weighted by Crippen LogP contribution is -2.53. The highest BCUT2D eigenvalue weighted by Gasteiger charge is 2.20. The van der Waals surface area contributed by atoms with Crippen LogP contribution in [0.4, 0.5) is 5.82 Å². The van der Waals surface area contributed by atoms with E-state index >= 15 is 0 Å². The van der Waals surface area contributed by atoms with Crippen molar-refractivity contribution in [2.24, 2.45) is 4.99 Å². The van der Waals surface area contributed by atoms with Crippen molar-refractivity contribution in [1.29, 1.82) is 0 Å². The maximum atomic E-state index is 4.46. The van der Waals surface area contributed by atoms with Crippen molar-refractivity contribution in [3.05, 3.63) is 55.0 Å². The minimum atomic E-state index is 0.813. The lowest BCUT2D eigenvalue weighted by atomic mass is 10.3. The molecular formula is C20H25N7. The van der Waals surface area contributed by atoms with Crippen LogP contribution in [0.25, 0.3) is 11.0 Å². The molecule has 1 N–H and O–H groups in total. The highest BCUT2D eigenvalue weighted by atomic mass is 15.4. The molecule has 1 aromatic carbocycles. The topological polar surface area (TPSA) is 61.6 Å². The highest BCUT2D eigenvalue weighted by molar-refractivity contribution is 5.80. The zero-order chi connectivity index (χ0) is 18.5. The van der Waals surface area contributed by atoms with Gasteiger partial charge in [-0.1, -0.05) is 18.2 Å². The fraction of sp³-hybridized carbons (Fsp3) is 0.350. The van der Waals surface area contributed by atoms with Crippen molar-refractivity contribution in [1.82, 2.24) is 24.8 Å². The van der Waals surface area contributed by atoms with Crippen molar-refractivity contribution in [2.45, 2.75) is 6.54 Å². The Balaban J connectivity index is 1.30. The Hall–Kier alpha value is -3.09. The summed E-state index contributed by atoms with van der Waals surface area (Å²) in [6.07, 6.45) is 3.75. The predicted octanol–water partition coefficient (Wildman–Crippen LogP) is 1.83. The predicted molar refractivity (Wildman–Crippen MR) is 109 cm³/mol. The number of fused-ring (bicyclic) bond motifs is 1. The number of aliphatic imine (C=N–C) groups is 1. The molecule has 3 heterocycles. The first kappa shape index (κ1) is 17.3. The number of anilines is 1. The molecule has 0 radical (unpaired) electrons. The minimum absolute atomic E-state index is 0.813. The van der Waals surface area contributed by atoms with Crippen LogP contribution in [0.2, 0.25) is 0 Å². The van der Waals surface area contributed by atoms with Gasteiger partial charge in [0.05, 0.1) is 17.4 Å². The van der Waals surface area contributed by atoms with Crippen LogP contribution in [0.5, 0.6) is 0 Å². The van der Waals surface area contributed by atoms with Crippen LogP contribution in [0.15, 0.2) is 60.0 Å². The Morgan fingerprint density at radius 2 is 1.85 bits per heavy atom. The van der Waals surface area contributed by atoms with Gasteiger partial charge in [0.2, 0.25) is 0 Å². The number of nitrogens with zero attached hydrogens (tertiary/aromatic N) is 6. The lowest BCUT2D eigenvalue weighted by Gasteiger charge is -2.37. The quantitative estimate of drug-likeness (QED) is 0.566. The molecular weight excluding hydrogens is 338 g/mol. The summed E-state index contributed by atoms with van der Waals surface area (Å²) in [4.78, 5) is 18.0. The molecule has 1 aliphatic heterocycles. The number of piperazine rings is 1. The number of benzene rings is 1. The minimum Gasteiger partial charge on any atom is -0.354 e. The number of pyridine rings is 1. The summed E-state index contributed by atoms with van der Waals surface area (Å²) >= 11 is 0. The summed E-state index contributed by atoms with van der Waals surface area (Å²) in [7, 11) is 1.85. The summed E-state index contributed by atoms with van der Waals surface area (Å²) < 4.78 is 2.18. The monoisotopic (exact) mass is 363 g/mol. The number of guanidine groups is 1. The van der Waals surface area contributed by atoms with Gasteiger partial charge < -0.3 is 19.7 Å². The molecule has 1 fully saturated rings. The van der Waals surface area contributed by atoms with Crippen LogP contribution >= 0.6 is 0 Å². The van der Waals surface area contributed by atoms with Crippen molar-refractivity contribution in [3.8, 4) is 0 Å². The molecule has 0 atom stereocenters. The van der Waals surface area contributed by atoms with Crippen molar-refractivity contribution in [3.63, 3.8) is 0 Å². The fourth-order valence-corrected chi connectivity index (χ4v) is 3.50. The Kier molecular flexibility index (Phi) is 5.18. The Morgan fingerprint density at radius 3 is 2.63 bits per heavy atom.